The van der Waals surface area contributed by atoms with Gasteiger partial charge in [-0.25, -0.2) is 9.29 Å². The van der Waals surface area contributed by atoms with Crippen molar-refractivity contribution in [1.82, 2.24) is 0 Å². The molecule has 0 saturated heterocycles. The summed E-state index contributed by atoms with van der Waals surface area (Å²) in [6, 6.07) is 16.0. The van der Waals surface area contributed by atoms with Crippen molar-refractivity contribution in [3.05, 3.63) is 105 Å². The lowest BCUT2D eigenvalue weighted by Crippen LogP contribution is -2.32. The highest BCUT2D eigenvalue weighted by atomic mass is 19.1. The Hall–Kier alpha value is -4.33. The van der Waals surface area contributed by atoms with Crippen LogP contribution in [0.1, 0.15) is 16.7 Å². The molecule has 1 heterocycles. The van der Waals surface area contributed by atoms with Gasteiger partial charge in [0.25, 0.3) is 17.5 Å². The van der Waals surface area contributed by atoms with Gasteiger partial charge in [0.1, 0.15) is 11.5 Å². The average Bonchev–Trinajstić information content (AvgIpc) is 3.01. The number of benzene rings is 3. The Balaban J connectivity index is 1.82. The lowest BCUT2D eigenvalue weighted by molar-refractivity contribution is -0.384. The first-order valence-corrected chi connectivity index (χ1v) is 9.74. The summed E-state index contributed by atoms with van der Waals surface area (Å²) in [6.45, 7) is 3.81. The van der Waals surface area contributed by atoms with E-state index in [4.69, 9.17) is 0 Å². The van der Waals surface area contributed by atoms with Crippen LogP contribution < -0.4 is 10.2 Å². The maximum atomic E-state index is 13.4. The highest BCUT2D eigenvalue weighted by Gasteiger charge is 2.40. The SMILES string of the molecule is Cc1ccc(N2C(=O)C(Nc3ccc(F)cc3)=C(c3ccc([N+](=O)[O-])cc3)C2=O)cc1C. The van der Waals surface area contributed by atoms with Crippen LogP contribution in [0.4, 0.5) is 21.5 Å². The summed E-state index contributed by atoms with van der Waals surface area (Å²) in [4.78, 5) is 38.3. The van der Waals surface area contributed by atoms with E-state index in [9.17, 15) is 24.1 Å². The topological polar surface area (TPSA) is 92.6 Å². The van der Waals surface area contributed by atoms with Gasteiger partial charge in [-0.3, -0.25) is 19.7 Å². The van der Waals surface area contributed by atoms with Crippen LogP contribution in [0.2, 0.25) is 0 Å². The van der Waals surface area contributed by atoms with E-state index in [2.05, 4.69) is 5.32 Å². The molecule has 1 aliphatic heterocycles. The van der Waals surface area contributed by atoms with Crippen LogP contribution >= 0.6 is 0 Å². The molecule has 3 aromatic carbocycles. The van der Waals surface area contributed by atoms with Crippen molar-refractivity contribution >= 4 is 34.4 Å². The van der Waals surface area contributed by atoms with Crippen LogP contribution in [0.25, 0.3) is 5.57 Å². The van der Waals surface area contributed by atoms with Crippen LogP contribution in [0.3, 0.4) is 0 Å². The second-order valence-corrected chi connectivity index (χ2v) is 7.40. The molecule has 0 atom stereocenters. The van der Waals surface area contributed by atoms with Crippen LogP contribution in [0.5, 0.6) is 0 Å². The first-order chi connectivity index (χ1) is 15.3. The summed E-state index contributed by atoms with van der Waals surface area (Å²) in [5.41, 5.74) is 3.07. The highest BCUT2D eigenvalue weighted by Crippen LogP contribution is 2.35. The maximum Gasteiger partial charge on any atom is 0.282 e. The van der Waals surface area contributed by atoms with Crippen molar-refractivity contribution in [1.29, 1.82) is 0 Å². The number of non-ortho nitro benzene ring substituents is 1. The number of imide groups is 1. The van der Waals surface area contributed by atoms with Gasteiger partial charge in [-0.15, -0.1) is 0 Å². The van der Waals surface area contributed by atoms with Crippen LogP contribution in [-0.4, -0.2) is 16.7 Å². The zero-order valence-corrected chi connectivity index (χ0v) is 17.3. The normalized spacial score (nSPS) is 13.7. The van der Waals surface area contributed by atoms with Gasteiger partial charge >= 0.3 is 0 Å². The molecule has 0 spiro atoms. The minimum absolute atomic E-state index is 0.00805. The van der Waals surface area contributed by atoms with Crippen molar-refractivity contribution in [2.75, 3.05) is 10.2 Å². The van der Waals surface area contributed by atoms with Crippen molar-refractivity contribution in [2.24, 2.45) is 0 Å². The predicted octanol–water partition coefficient (Wildman–Crippen LogP) is 4.75. The van der Waals surface area contributed by atoms with E-state index in [0.29, 0.717) is 16.9 Å². The number of carbonyl (C=O) groups is 2. The molecule has 0 fully saturated rings. The minimum Gasteiger partial charge on any atom is -0.350 e. The van der Waals surface area contributed by atoms with Gasteiger partial charge in [0.15, 0.2) is 0 Å². The second-order valence-electron chi connectivity index (χ2n) is 7.40. The smallest absolute Gasteiger partial charge is 0.282 e. The molecule has 7 nitrogen and oxygen atoms in total. The van der Waals surface area contributed by atoms with Gasteiger partial charge in [-0.05, 0) is 79.1 Å². The summed E-state index contributed by atoms with van der Waals surface area (Å²) < 4.78 is 13.3. The van der Waals surface area contributed by atoms with E-state index in [1.807, 2.05) is 19.9 Å². The van der Waals surface area contributed by atoms with Crippen LogP contribution in [0, 0.1) is 29.8 Å². The van der Waals surface area contributed by atoms with Crippen molar-refractivity contribution in [3.63, 3.8) is 0 Å². The van der Waals surface area contributed by atoms with Gasteiger partial charge < -0.3 is 5.32 Å². The molecular formula is C24H18FN3O4. The second kappa shape index (κ2) is 8.07. The Bertz CT molecular complexity index is 1280. The fraction of sp³-hybridized carbons (Fsp3) is 0.0833. The molecule has 0 unspecified atom stereocenters. The molecule has 3 aromatic rings. The van der Waals surface area contributed by atoms with Gasteiger partial charge in [0.05, 0.1) is 16.2 Å². The molecule has 0 bridgehead atoms. The number of anilines is 2. The van der Waals surface area contributed by atoms with Crippen LogP contribution in [-0.2, 0) is 9.59 Å². The van der Waals surface area contributed by atoms with Crippen molar-refractivity contribution in [2.45, 2.75) is 13.8 Å². The van der Waals surface area contributed by atoms with Gasteiger partial charge in [-0.1, -0.05) is 6.07 Å². The Labute approximate surface area is 182 Å². The molecule has 0 aromatic heterocycles. The van der Waals surface area contributed by atoms with Crippen molar-refractivity contribution in [3.8, 4) is 0 Å². The number of hydrogen-bond donors (Lipinski definition) is 1. The average molecular weight is 431 g/mol. The van der Waals surface area contributed by atoms with Crippen LogP contribution in [0.15, 0.2) is 72.4 Å². The fourth-order valence-corrected chi connectivity index (χ4v) is 3.44. The quantitative estimate of drug-likeness (QED) is 0.358. The minimum atomic E-state index is -0.573. The summed E-state index contributed by atoms with van der Waals surface area (Å²) in [5.74, 6) is -1.57. The van der Waals surface area contributed by atoms with Crippen molar-refractivity contribution < 1.29 is 18.9 Å². The lowest BCUT2D eigenvalue weighted by atomic mass is 10.0. The maximum absolute atomic E-state index is 13.4. The molecular weight excluding hydrogens is 413 g/mol. The van der Waals surface area contributed by atoms with E-state index < -0.39 is 22.6 Å². The molecule has 4 rings (SSSR count). The zero-order chi connectivity index (χ0) is 23.0. The van der Waals surface area contributed by atoms with E-state index in [1.165, 1.54) is 48.5 Å². The molecule has 8 heteroatoms. The summed E-state index contributed by atoms with van der Waals surface area (Å²) in [6.07, 6.45) is 0. The molecule has 2 amide bonds. The summed E-state index contributed by atoms with van der Waals surface area (Å²) >= 11 is 0. The number of hydrogen-bond acceptors (Lipinski definition) is 5. The molecule has 0 radical (unpaired) electrons. The number of rotatable bonds is 5. The molecule has 1 aliphatic rings. The number of amides is 2. The van der Waals surface area contributed by atoms with E-state index in [1.54, 1.807) is 12.1 Å². The molecule has 0 aliphatic carbocycles. The largest absolute Gasteiger partial charge is 0.350 e. The number of nitro groups is 1. The van der Waals surface area contributed by atoms with E-state index in [0.717, 1.165) is 16.0 Å². The van der Waals surface area contributed by atoms with E-state index in [-0.39, 0.29) is 17.0 Å². The zero-order valence-electron chi connectivity index (χ0n) is 17.3. The molecule has 1 N–H and O–H groups in total. The number of aryl methyl sites for hydroxylation is 2. The number of carbonyl (C=O) groups excluding carboxylic acids is 2. The third-order valence-electron chi connectivity index (χ3n) is 5.31. The molecule has 160 valence electrons. The van der Waals surface area contributed by atoms with Gasteiger partial charge in [0, 0.05) is 17.8 Å². The summed E-state index contributed by atoms with van der Waals surface area (Å²) in [5, 5.41) is 13.9. The van der Waals surface area contributed by atoms with Gasteiger partial charge in [0.2, 0.25) is 0 Å². The Morgan fingerprint density at radius 1 is 0.875 bits per heavy atom. The summed E-state index contributed by atoms with van der Waals surface area (Å²) in [7, 11) is 0. The standard InChI is InChI=1S/C24H18FN3O4/c1-14-3-10-20(13-15(14)2)27-23(29)21(16-4-11-19(12-5-16)28(31)32)22(24(27)30)26-18-8-6-17(25)7-9-18/h3-13,26H,1-2H3. The Morgan fingerprint density at radius 2 is 1.53 bits per heavy atom. The highest BCUT2D eigenvalue weighted by molar-refractivity contribution is 6.46. The number of halogens is 1. The lowest BCUT2D eigenvalue weighted by Gasteiger charge is -2.17. The molecule has 32 heavy (non-hydrogen) atoms. The Morgan fingerprint density at radius 3 is 2.12 bits per heavy atom. The predicted molar refractivity (Wildman–Crippen MR) is 118 cm³/mol. The number of nitrogens with zero attached hydrogens (tertiary/aromatic N) is 2. The monoisotopic (exact) mass is 431 g/mol. The first kappa shape index (κ1) is 20.9. The third-order valence-corrected chi connectivity index (χ3v) is 5.31. The first-order valence-electron chi connectivity index (χ1n) is 9.74. The number of nitro benzene ring substituents is 1. The third kappa shape index (κ3) is 3.74. The Kier molecular flexibility index (Phi) is 5.28. The molecule has 0 saturated carbocycles. The fourth-order valence-electron chi connectivity index (χ4n) is 3.44. The van der Waals surface area contributed by atoms with E-state index >= 15 is 0 Å². The number of nitrogens with one attached hydrogen (secondary N) is 1. The van der Waals surface area contributed by atoms with Gasteiger partial charge in [-0.2, -0.15) is 0 Å².